The summed E-state index contributed by atoms with van der Waals surface area (Å²) < 4.78 is 12.7. The molecule has 2 heterocycles. The minimum absolute atomic E-state index is 0.175. The minimum atomic E-state index is -0.852. The molecule has 33 heavy (non-hydrogen) atoms. The number of rotatable bonds is 7. The van der Waals surface area contributed by atoms with Crippen LogP contribution in [0.1, 0.15) is 5.69 Å². The zero-order chi connectivity index (χ0) is 23.4. The standard InChI is InChI=1S/C24H20ClN3O5/c1-32-21-10-9-17(15-20(21)25)28-23(30)19(22(29)26-24(28)31)14-16-6-5-11-27(16)12-13-33-18-7-3-2-4-8-18/h2-11,14-15H,12-13H2,1H3,(H,26,29,31)/b19-14-. The first kappa shape index (κ1) is 22.2. The van der Waals surface area contributed by atoms with E-state index in [0.717, 1.165) is 10.6 Å². The number of urea groups is 1. The summed E-state index contributed by atoms with van der Waals surface area (Å²) >= 11 is 6.15. The average molecular weight is 466 g/mol. The molecule has 0 radical (unpaired) electrons. The molecule has 0 aliphatic carbocycles. The Hall–Kier alpha value is -4.04. The van der Waals surface area contributed by atoms with Crippen LogP contribution in [-0.4, -0.2) is 36.1 Å². The molecule has 0 spiro atoms. The van der Waals surface area contributed by atoms with Crippen LogP contribution in [0.5, 0.6) is 11.5 Å². The van der Waals surface area contributed by atoms with Crippen LogP contribution in [0.25, 0.3) is 6.08 Å². The number of para-hydroxylation sites is 1. The molecule has 1 aliphatic heterocycles. The fraction of sp³-hybridized carbons (Fsp3) is 0.125. The number of halogens is 1. The van der Waals surface area contributed by atoms with Gasteiger partial charge in [-0.25, -0.2) is 9.69 Å². The van der Waals surface area contributed by atoms with Crippen molar-refractivity contribution in [3.63, 3.8) is 0 Å². The maximum Gasteiger partial charge on any atom is 0.335 e. The van der Waals surface area contributed by atoms with Gasteiger partial charge < -0.3 is 14.0 Å². The summed E-state index contributed by atoms with van der Waals surface area (Å²) in [5.74, 6) is -0.376. The summed E-state index contributed by atoms with van der Waals surface area (Å²) in [7, 11) is 1.46. The maximum absolute atomic E-state index is 13.1. The molecule has 1 fully saturated rings. The van der Waals surface area contributed by atoms with Gasteiger partial charge in [-0.15, -0.1) is 0 Å². The molecule has 1 saturated heterocycles. The van der Waals surface area contributed by atoms with Crippen LogP contribution in [0.4, 0.5) is 10.5 Å². The third kappa shape index (κ3) is 4.75. The van der Waals surface area contributed by atoms with Crippen LogP contribution in [0.2, 0.25) is 5.02 Å². The zero-order valence-corrected chi connectivity index (χ0v) is 18.4. The molecule has 8 nitrogen and oxygen atoms in total. The summed E-state index contributed by atoms with van der Waals surface area (Å²) in [4.78, 5) is 38.9. The van der Waals surface area contributed by atoms with Gasteiger partial charge in [0.25, 0.3) is 11.8 Å². The Morgan fingerprint density at radius 3 is 2.55 bits per heavy atom. The molecular weight excluding hydrogens is 446 g/mol. The summed E-state index contributed by atoms with van der Waals surface area (Å²) in [6.07, 6.45) is 3.27. The van der Waals surface area contributed by atoms with E-state index in [1.807, 2.05) is 41.1 Å². The monoisotopic (exact) mass is 465 g/mol. The lowest BCUT2D eigenvalue weighted by Crippen LogP contribution is -2.54. The van der Waals surface area contributed by atoms with Crippen molar-refractivity contribution in [1.29, 1.82) is 0 Å². The lowest BCUT2D eigenvalue weighted by molar-refractivity contribution is -0.122. The zero-order valence-electron chi connectivity index (χ0n) is 17.7. The van der Waals surface area contributed by atoms with Crippen molar-refractivity contribution in [3.05, 3.63) is 83.2 Å². The summed E-state index contributed by atoms with van der Waals surface area (Å²) in [6.45, 7) is 0.886. The summed E-state index contributed by atoms with van der Waals surface area (Å²) in [6, 6.07) is 16.6. The Morgan fingerprint density at radius 1 is 1.03 bits per heavy atom. The molecule has 2 aromatic carbocycles. The van der Waals surface area contributed by atoms with E-state index in [9.17, 15) is 14.4 Å². The van der Waals surface area contributed by atoms with Crippen molar-refractivity contribution < 1.29 is 23.9 Å². The number of benzene rings is 2. The second-order valence-electron chi connectivity index (χ2n) is 7.06. The number of nitrogens with zero attached hydrogens (tertiary/aromatic N) is 2. The van der Waals surface area contributed by atoms with E-state index in [1.54, 1.807) is 12.1 Å². The van der Waals surface area contributed by atoms with Crippen molar-refractivity contribution in [3.8, 4) is 11.5 Å². The predicted molar refractivity (Wildman–Crippen MR) is 123 cm³/mol. The largest absolute Gasteiger partial charge is 0.495 e. The molecular formula is C24H20ClN3O5. The highest BCUT2D eigenvalue weighted by Gasteiger charge is 2.37. The van der Waals surface area contributed by atoms with Gasteiger partial charge in [0.1, 0.15) is 23.7 Å². The number of aromatic nitrogens is 1. The fourth-order valence-electron chi connectivity index (χ4n) is 3.37. The van der Waals surface area contributed by atoms with Gasteiger partial charge in [0, 0.05) is 11.9 Å². The quantitative estimate of drug-likeness (QED) is 0.422. The molecule has 0 bridgehead atoms. The second kappa shape index (κ2) is 9.62. The first-order valence-electron chi connectivity index (χ1n) is 10.1. The number of amides is 4. The molecule has 1 aliphatic rings. The van der Waals surface area contributed by atoms with E-state index < -0.39 is 17.8 Å². The van der Waals surface area contributed by atoms with Crippen LogP contribution in [-0.2, 0) is 16.1 Å². The van der Waals surface area contributed by atoms with E-state index >= 15 is 0 Å². The van der Waals surface area contributed by atoms with Gasteiger partial charge in [-0.1, -0.05) is 29.8 Å². The number of carbonyl (C=O) groups is 3. The average Bonchev–Trinajstić information content (AvgIpc) is 3.24. The normalized spacial score (nSPS) is 15.0. The number of imide groups is 2. The topological polar surface area (TPSA) is 89.9 Å². The van der Waals surface area contributed by atoms with Crippen molar-refractivity contribution in [1.82, 2.24) is 9.88 Å². The number of hydrogen-bond donors (Lipinski definition) is 1. The van der Waals surface area contributed by atoms with E-state index in [1.165, 1.54) is 31.4 Å². The highest BCUT2D eigenvalue weighted by Crippen LogP contribution is 2.31. The van der Waals surface area contributed by atoms with E-state index in [-0.39, 0.29) is 16.3 Å². The lowest BCUT2D eigenvalue weighted by Gasteiger charge is -2.26. The maximum atomic E-state index is 13.1. The number of barbiturate groups is 1. The van der Waals surface area contributed by atoms with Crippen molar-refractivity contribution in [2.75, 3.05) is 18.6 Å². The van der Waals surface area contributed by atoms with Crippen LogP contribution in [0, 0.1) is 0 Å². The van der Waals surface area contributed by atoms with E-state index in [4.69, 9.17) is 21.1 Å². The molecule has 4 amide bonds. The Kier molecular flexibility index (Phi) is 6.46. The fourth-order valence-corrected chi connectivity index (χ4v) is 3.63. The third-order valence-corrected chi connectivity index (χ3v) is 5.29. The predicted octanol–water partition coefficient (Wildman–Crippen LogP) is 3.90. The highest BCUT2D eigenvalue weighted by molar-refractivity contribution is 6.39. The van der Waals surface area contributed by atoms with Gasteiger partial charge in [-0.3, -0.25) is 14.9 Å². The van der Waals surface area contributed by atoms with E-state index in [2.05, 4.69) is 5.32 Å². The Bertz CT molecular complexity index is 1240. The smallest absolute Gasteiger partial charge is 0.335 e. The Balaban J connectivity index is 1.56. The van der Waals surface area contributed by atoms with Crippen LogP contribution < -0.4 is 19.7 Å². The molecule has 1 N–H and O–H groups in total. The molecule has 4 rings (SSSR count). The van der Waals surface area contributed by atoms with Crippen molar-refractivity contribution >= 4 is 41.2 Å². The van der Waals surface area contributed by atoms with Gasteiger partial charge >= 0.3 is 6.03 Å². The second-order valence-corrected chi connectivity index (χ2v) is 7.47. The highest BCUT2D eigenvalue weighted by atomic mass is 35.5. The molecule has 0 unspecified atom stereocenters. The number of methoxy groups -OCH3 is 1. The number of hydrogen-bond acceptors (Lipinski definition) is 5. The van der Waals surface area contributed by atoms with Crippen LogP contribution in [0.15, 0.2) is 72.4 Å². The first-order chi connectivity index (χ1) is 16.0. The molecule has 3 aromatic rings. The van der Waals surface area contributed by atoms with Gasteiger partial charge in [0.05, 0.1) is 24.4 Å². The SMILES string of the molecule is COc1ccc(N2C(=O)NC(=O)/C(=C/c3cccn3CCOc3ccccc3)C2=O)cc1Cl. The number of carbonyl (C=O) groups excluding carboxylic acids is 3. The van der Waals surface area contributed by atoms with Crippen LogP contribution >= 0.6 is 11.6 Å². The molecule has 168 valence electrons. The Labute approximate surface area is 195 Å². The van der Waals surface area contributed by atoms with Crippen LogP contribution in [0.3, 0.4) is 0 Å². The van der Waals surface area contributed by atoms with Crippen molar-refractivity contribution in [2.24, 2.45) is 0 Å². The lowest BCUT2D eigenvalue weighted by atomic mass is 10.1. The van der Waals surface area contributed by atoms with Crippen molar-refractivity contribution in [2.45, 2.75) is 6.54 Å². The molecule has 1 aromatic heterocycles. The molecule has 9 heteroatoms. The van der Waals surface area contributed by atoms with Gasteiger partial charge in [-0.05, 0) is 48.5 Å². The number of anilines is 1. The summed E-state index contributed by atoms with van der Waals surface area (Å²) in [5, 5.41) is 2.43. The van der Waals surface area contributed by atoms with Gasteiger partial charge in [-0.2, -0.15) is 0 Å². The first-order valence-corrected chi connectivity index (χ1v) is 10.4. The molecule has 0 saturated carbocycles. The summed E-state index contributed by atoms with van der Waals surface area (Å²) in [5.41, 5.74) is 0.658. The van der Waals surface area contributed by atoms with Gasteiger partial charge in [0.2, 0.25) is 0 Å². The number of nitrogens with one attached hydrogen (secondary N) is 1. The third-order valence-electron chi connectivity index (χ3n) is 5.00. The number of ether oxygens (including phenoxy) is 2. The van der Waals surface area contributed by atoms with Gasteiger partial charge in [0.15, 0.2) is 0 Å². The minimum Gasteiger partial charge on any atom is -0.495 e. The molecule has 0 atom stereocenters. The van der Waals surface area contributed by atoms with E-state index in [0.29, 0.717) is 24.6 Å². The Morgan fingerprint density at radius 2 is 1.82 bits per heavy atom.